The molecule has 18 heavy (non-hydrogen) atoms. The average molecular weight is 253 g/mol. The minimum absolute atomic E-state index is 0.163. The van der Waals surface area contributed by atoms with Gasteiger partial charge in [0, 0.05) is 18.1 Å². The molecule has 2 aliphatic heterocycles. The fraction of sp³-hybridized carbons (Fsp3) is 0.929. The van der Waals surface area contributed by atoms with Crippen LogP contribution in [0.3, 0.4) is 0 Å². The van der Waals surface area contributed by atoms with Crippen LogP contribution in [0, 0.1) is 0 Å². The third-order valence-corrected chi connectivity index (χ3v) is 4.42. The van der Waals surface area contributed by atoms with Crippen molar-refractivity contribution < 1.29 is 4.79 Å². The van der Waals surface area contributed by atoms with Crippen LogP contribution < -0.4 is 10.6 Å². The molecule has 2 bridgehead atoms. The van der Waals surface area contributed by atoms with Gasteiger partial charge in [-0.15, -0.1) is 0 Å². The van der Waals surface area contributed by atoms with Crippen LogP contribution in [0.1, 0.15) is 45.4 Å². The molecule has 2 rings (SSSR count). The van der Waals surface area contributed by atoms with E-state index in [0.29, 0.717) is 24.7 Å². The minimum Gasteiger partial charge on any atom is -0.352 e. The molecular weight excluding hydrogens is 226 g/mol. The molecule has 2 unspecified atom stereocenters. The highest BCUT2D eigenvalue weighted by atomic mass is 16.1. The van der Waals surface area contributed by atoms with Gasteiger partial charge >= 0.3 is 0 Å². The van der Waals surface area contributed by atoms with Gasteiger partial charge in [0.05, 0.1) is 6.54 Å². The molecule has 0 aliphatic carbocycles. The number of amides is 1. The number of carbonyl (C=O) groups excluding carboxylic acids is 1. The Morgan fingerprint density at radius 2 is 1.94 bits per heavy atom. The van der Waals surface area contributed by atoms with Crippen molar-refractivity contribution in [1.29, 1.82) is 0 Å². The fourth-order valence-corrected chi connectivity index (χ4v) is 3.39. The van der Waals surface area contributed by atoms with Gasteiger partial charge in [0.25, 0.3) is 0 Å². The van der Waals surface area contributed by atoms with Crippen molar-refractivity contribution in [3.8, 4) is 0 Å². The second-order valence-electron chi connectivity index (χ2n) is 5.82. The van der Waals surface area contributed by atoms with Gasteiger partial charge in [0.1, 0.15) is 0 Å². The second kappa shape index (κ2) is 6.53. The van der Waals surface area contributed by atoms with E-state index in [-0.39, 0.29) is 5.91 Å². The molecule has 0 aromatic rings. The molecule has 4 heteroatoms. The first-order valence-electron chi connectivity index (χ1n) is 7.42. The molecule has 0 spiro atoms. The van der Waals surface area contributed by atoms with Crippen LogP contribution in [0.2, 0.25) is 0 Å². The Bertz CT molecular complexity index is 268. The van der Waals surface area contributed by atoms with E-state index in [4.69, 9.17) is 0 Å². The number of hydrogen-bond donors (Lipinski definition) is 2. The zero-order valence-electron chi connectivity index (χ0n) is 11.7. The quantitative estimate of drug-likeness (QED) is 0.722. The van der Waals surface area contributed by atoms with E-state index in [0.717, 1.165) is 25.8 Å². The zero-order chi connectivity index (χ0) is 13.0. The highest BCUT2D eigenvalue weighted by Crippen LogP contribution is 2.32. The number of rotatable bonds is 5. The minimum atomic E-state index is 0.163. The maximum Gasteiger partial charge on any atom is 0.234 e. The van der Waals surface area contributed by atoms with Gasteiger partial charge in [0.2, 0.25) is 5.91 Å². The Hall–Kier alpha value is -0.610. The molecule has 0 saturated carbocycles. The number of fused-ring (bicyclic) bond motifs is 2. The van der Waals surface area contributed by atoms with Gasteiger partial charge in [-0.3, -0.25) is 4.79 Å². The summed E-state index contributed by atoms with van der Waals surface area (Å²) < 4.78 is 0. The van der Waals surface area contributed by atoms with E-state index >= 15 is 0 Å². The van der Waals surface area contributed by atoms with Crippen molar-refractivity contribution in [2.75, 3.05) is 20.1 Å². The predicted molar refractivity (Wildman–Crippen MR) is 73.5 cm³/mol. The van der Waals surface area contributed by atoms with Crippen molar-refractivity contribution in [1.82, 2.24) is 15.5 Å². The molecule has 0 radical (unpaired) electrons. The van der Waals surface area contributed by atoms with Gasteiger partial charge < -0.3 is 15.5 Å². The lowest BCUT2D eigenvalue weighted by Crippen LogP contribution is -2.56. The molecule has 1 amide bonds. The summed E-state index contributed by atoms with van der Waals surface area (Å²) in [7, 11) is 2.25. The summed E-state index contributed by atoms with van der Waals surface area (Å²) in [5.41, 5.74) is 0. The Morgan fingerprint density at radius 3 is 2.56 bits per heavy atom. The van der Waals surface area contributed by atoms with Crippen molar-refractivity contribution in [3.63, 3.8) is 0 Å². The first-order chi connectivity index (χ1) is 8.70. The molecule has 4 nitrogen and oxygen atoms in total. The number of hydrogen-bond acceptors (Lipinski definition) is 3. The standard InChI is InChI=1S/C14H27N3O/c1-3-7-15-10-14(18)16-11-8-12-5-4-6-13(9-11)17(12)2/h11-13,15H,3-10H2,1-2H3,(H,16,18). The molecule has 104 valence electrons. The maximum atomic E-state index is 11.8. The van der Waals surface area contributed by atoms with Crippen molar-refractivity contribution >= 4 is 5.91 Å². The van der Waals surface area contributed by atoms with Crippen molar-refractivity contribution in [2.45, 2.75) is 63.6 Å². The molecular formula is C14H27N3O. The fourth-order valence-electron chi connectivity index (χ4n) is 3.39. The molecule has 2 saturated heterocycles. The lowest BCUT2D eigenvalue weighted by atomic mass is 9.82. The Morgan fingerprint density at radius 1 is 1.28 bits per heavy atom. The molecule has 2 atom stereocenters. The third-order valence-electron chi connectivity index (χ3n) is 4.42. The Labute approximate surface area is 110 Å². The van der Waals surface area contributed by atoms with Crippen LogP contribution >= 0.6 is 0 Å². The number of nitrogens with zero attached hydrogens (tertiary/aromatic N) is 1. The van der Waals surface area contributed by atoms with Crippen molar-refractivity contribution in [3.05, 3.63) is 0 Å². The zero-order valence-corrected chi connectivity index (χ0v) is 11.7. The largest absolute Gasteiger partial charge is 0.352 e. The second-order valence-corrected chi connectivity index (χ2v) is 5.82. The monoisotopic (exact) mass is 253 g/mol. The van der Waals surface area contributed by atoms with Crippen LogP contribution in [0.5, 0.6) is 0 Å². The third kappa shape index (κ3) is 3.45. The van der Waals surface area contributed by atoms with E-state index in [1.807, 2.05) is 0 Å². The molecule has 2 aliphatic rings. The SMILES string of the molecule is CCCNCC(=O)NC1CC2CCCC(C1)N2C. The first kappa shape index (κ1) is 13.8. The normalized spacial score (nSPS) is 32.2. The molecule has 2 fully saturated rings. The van der Waals surface area contributed by atoms with Gasteiger partial charge in [-0.25, -0.2) is 0 Å². The first-order valence-corrected chi connectivity index (χ1v) is 7.42. The smallest absolute Gasteiger partial charge is 0.234 e. The Balaban J connectivity index is 1.75. The van der Waals surface area contributed by atoms with Gasteiger partial charge in [-0.05, 0) is 45.7 Å². The summed E-state index contributed by atoms with van der Waals surface area (Å²) in [6.45, 7) is 3.50. The van der Waals surface area contributed by atoms with Gasteiger partial charge in [-0.2, -0.15) is 0 Å². The molecule has 0 aromatic carbocycles. The Kier molecular flexibility index (Phi) is 5.01. The highest BCUT2D eigenvalue weighted by Gasteiger charge is 2.36. The predicted octanol–water partition coefficient (Wildman–Crippen LogP) is 1.12. The summed E-state index contributed by atoms with van der Waals surface area (Å²) in [4.78, 5) is 14.3. The summed E-state index contributed by atoms with van der Waals surface area (Å²) in [6.07, 6.45) is 7.30. The topological polar surface area (TPSA) is 44.4 Å². The summed E-state index contributed by atoms with van der Waals surface area (Å²) >= 11 is 0. The molecule has 2 heterocycles. The lowest BCUT2D eigenvalue weighted by Gasteiger charge is -2.47. The summed E-state index contributed by atoms with van der Waals surface area (Å²) in [5.74, 6) is 0.163. The number of piperidine rings is 2. The van der Waals surface area contributed by atoms with Crippen LogP contribution in [-0.4, -0.2) is 49.1 Å². The van der Waals surface area contributed by atoms with E-state index < -0.39 is 0 Å². The maximum absolute atomic E-state index is 11.8. The number of nitrogens with one attached hydrogen (secondary N) is 2. The van der Waals surface area contributed by atoms with E-state index in [2.05, 4.69) is 29.5 Å². The summed E-state index contributed by atoms with van der Waals surface area (Å²) in [6, 6.07) is 1.77. The van der Waals surface area contributed by atoms with Gasteiger partial charge in [0.15, 0.2) is 0 Å². The molecule has 2 N–H and O–H groups in total. The van der Waals surface area contributed by atoms with E-state index in [1.54, 1.807) is 0 Å². The van der Waals surface area contributed by atoms with E-state index in [9.17, 15) is 4.79 Å². The van der Waals surface area contributed by atoms with Crippen LogP contribution in [-0.2, 0) is 4.79 Å². The van der Waals surface area contributed by atoms with Crippen LogP contribution in [0.25, 0.3) is 0 Å². The van der Waals surface area contributed by atoms with Gasteiger partial charge in [-0.1, -0.05) is 13.3 Å². The van der Waals surface area contributed by atoms with E-state index in [1.165, 1.54) is 19.3 Å². The van der Waals surface area contributed by atoms with Crippen LogP contribution in [0.15, 0.2) is 0 Å². The lowest BCUT2D eigenvalue weighted by molar-refractivity contribution is -0.121. The van der Waals surface area contributed by atoms with Crippen molar-refractivity contribution in [2.24, 2.45) is 0 Å². The van der Waals surface area contributed by atoms with Crippen LogP contribution in [0.4, 0.5) is 0 Å². The number of carbonyl (C=O) groups is 1. The molecule has 0 aromatic heterocycles. The average Bonchev–Trinajstić information content (AvgIpc) is 2.31. The summed E-state index contributed by atoms with van der Waals surface area (Å²) in [5, 5.41) is 6.36. The highest BCUT2D eigenvalue weighted by molar-refractivity contribution is 5.78.